The van der Waals surface area contributed by atoms with E-state index < -0.39 is 41.5 Å². The summed E-state index contributed by atoms with van der Waals surface area (Å²) in [4.78, 5) is 3.86. The second kappa shape index (κ2) is 11.6. The van der Waals surface area contributed by atoms with Crippen molar-refractivity contribution in [2.24, 2.45) is 10.2 Å². The number of azo groups is 1. The summed E-state index contributed by atoms with van der Waals surface area (Å²) in [6.07, 6.45) is 0.738. The zero-order chi connectivity index (χ0) is 25.1. The van der Waals surface area contributed by atoms with E-state index in [1.165, 1.54) is 18.2 Å². The van der Waals surface area contributed by atoms with Crippen LogP contribution in [0.2, 0.25) is 0 Å². The quantitative estimate of drug-likeness (QED) is 0.0518. The smallest absolute Gasteiger partial charge is 0.298 e. The molecule has 0 spiro atoms. The number of fused-ring (bicyclic) bond motifs is 1. The van der Waals surface area contributed by atoms with Crippen LogP contribution in [-0.2, 0) is 46.5 Å². The first-order chi connectivity index (χ1) is 15.9. The molecule has 12 nitrogen and oxygen atoms in total. The van der Waals surface area contributed by atoms with Gasteiger partial charge < -0.3 is 10.2 Å². The van der Waals surface area contributed by atoms with Crippen LogP contribution in [-0.4, -0.2) is 42.8 Å². The van der Waals surface area contributed by atoms with Gasteiger partial charge in [-0.05, 0) is 48.2 Å². The molecule has 0 aromatic heterocycles. The van der Waals surface area contributed by atoms with Gasteiger partial charge in [0, 0.05) is 27.4 Å². The molecule has 0 bridgehead atoms. The third-order valence-corrected chi connectivity index (χ3v) is 6.60. The fraction of sp³-hybridized carbons (Fsp3) is 0.158. The Hall–Kier alpha value is -2.27. The Morgan fingerprint density at radius 3 is 2.29 bits per heavy atom. The SMILES string of the molecule is CCCOOSc1ccc(O)c(N=Nc2c(O)c(S(=O)(=O)O)cc3cc(S(=O)(=O)O)ccc23)c1.[Cu]. The van der Waals surface area contributed by atoms with Crippen LogP contribution < -0.4 is 0 Å². The fourth-order valence-corrected chi connectivity index (χ4v) is 4.32. The van der Waals surface area contributed by atoms with Crippen molar-refractivity contribution < 1.29 is 62.4 Å². The molecule has 0 unspecified atom stereocenters. The van der Waals surface area contributed by atoms with E-state index in [9.17, 15) is 36.2 Å². The standard InChI is InChI=1S/C19H18N2O10S3.Cu/c1-2-7-30-31-32-12-3-6-16(22)15(10-12)20-21-18-14-5-4-13(33(24,25)26)8-11(14)9-17(19(18)23)34(27,28)29;/h3-6,8-10,22-23H,2,7H2,1H3,(H,24,25,26)(H,27,28,29);. The van der Waals surface area contributed by atoms with Crippen molar-refractivity contribution in [2.45, 2.75) is 28.0 Å². The van der Waals surface area contributed by atoms with Crippen molar-refractivity contribution in [3.63, 3.8) is 0 Å². The zero-order valence-electron chi connectivity index (χ0n) is 17.6. The molecular weight excluding hydrogens is 576 g/mol. The molecule has 0 heterocycles. The van der Waals surface area contributed by atoms with Crippen molar-refractivity contribution in [1.29, 1.82) is 0 Å². The third-order valence-electron chi connectivity index (χ3n) is 4.27. The minimum absolute atomic E-state index is 0. The number of hydrogen-bond donors (Lipinski definition) is 4. The van der Waals surface area contributed by atoms with E-state index in [2.05, 4.69) is 10.2 Å². The predicted molar refractivity (Wildman–Crippen MR) is 121 cm³/mol. The van der Waals surface area contributed by atoms with Crippen LogP contribution in [0.15, 0.2) is 67.4 Å². The Balaban J connectivity index is 0.00000432. The number of rotatable bonds is 9. The summed E-state index contributed by atoms with van der Waals surface area (Å²) >= 11 is 0.843. The maximum Gasteiger partial charge on any atom is 0.298 e. The third kappa shape index (κ3) is 7.13. The average Bonchev–Trinajstić information content (AvgIpc) is 2.75. The Bertz CT molecular complexity index is 1480. The van der Waals surface area contributed by atoms with Crippen LogP contribution in [0.25, 0.3) is 10.8 Å². The van der Waals surface area contributed by atoms with E-state index >= 15 is 0 Å². The Morgan fingerprint density at radius 1 is 0.943 bits per heavy atom. The minimum Gasteiger partial charge on any atom is -0.506 e. The number of phenolic OH excluding ortho intramolecular Hbond substituents is 2. The van der Waals surface area contributed by atoms with Crippen LogP contribution in [0.1, 0.15) is 13.3 Å². The van der Waals surface area contributed by atoms with Gasteiger partial charge in [0.15, 0.2) is 5.75 Å². The number of phenols is 2. The molecule has 1 radical (unpaired) electrons. The van der Waals surface area contributed by atoms with E-state index in [1.807, 2.05) is 6.92 Å². The second-order valence-electron chi connectivity index (χ2n) is 6.73. The predicted octanol–water partition coefficient (Wildman–Crippen LogP) is 4.52. The van der Waals surface area contributed by atoms with Gasteiger partial charge in [-0.2, -0.15) is 21.2 Å². The molecule has 0 aliphatic rings. The maximum absolute atomic E-state index is 11.7. The van der Waals surface area contributed by atoms with Crippen LogP contribution in [0.5, 0.6) is 11.5 Å². The van der Waals surface area contributed by atoms with E-state index in [0.717, 1.165) is 42.7 Å². The van der Waals surface area contributed by atoms with Gasteiger partial charge in [-0.1, -0.05) is 13.0 Å². The first-order valence-corrected chi connectivity index (χ1v) is 13.0. The van der Waals surface area contributed by atoms with E-state index in [1.54, 1.807) is 0 Å². The Morgan fingerprint density at radius 2 is 1.66 bits per heavy atom. The summed E-state index contributed by atoms with van der Waals surface area (Å²) in [7, 11) is -9.58. The van der Waals surface area contributed by atoms with Gasteiger partial charge in [-0.3, -0.25) is 9.11 Å². The van der Waals surface area contributed by atoms with Crippen molar-refractivity contribution in [3.05, 3.63) is 42.5 Å². The number of hydrogen-bond acceptors (Lipinski definition) is 11. The molecule has 3 rings (SSSR count). The van der Waals surface area contributed by atoms with Crippen LogP contribution in [0, 0.1) is 0 Å². The molecule has 3 aromatic carbocycles. The van der Waals surface area contributed by atoms with E-state index in [-0.39, 0.29) is 39.3 Å². The molecule has 0 aliphatic heterocycles. The largest absolute Gasteiger partial charge is 0.506 e. The minimum atomic E-state index is -4.96. The van der Waals surface area contributed by atoms with Crippen molar-refractivity contribution in [2.75, 3.05) is 6.61 Å². The normalized spacial score (nSPS) is 12.2. The summed E-state index contributed by atoms with van der Waals surface area (Å²) < 4.78 is 70.1. The molecule has 0 aliphatic carbocycles. The molecule has 16 heteroatoms. The van der Waals surface area contributed by atoms with Crippen molar-refractivity contribution in [1.82, 2.24) is 0 Å². The van der Waals surface area contributed by atoms with Gasteiger partial charge in [0.2, 0.25) is 0 Å². The number of aromatic hydroxyl groups is 2. The van der Waals surface area contributed by atoms with Crippen LogP contribution in [0.3, 0.4) is 0 Å². The first-order valence-electron chi connectivity index (χ1n) is 9.37. The Labute approximate surface area is 215 Å². The van der Waals surface area contributed by atoms with Gasteiger partial charge >= 0.3 is 0 Å². The molecule has 0 saturated carbocycles. The van der Waals surface area contributed by atoms with E-state index in [0.29, 0.717) is 11.5 Å². The molecule has 0 atom stereocenters. The summed E-state index contributed by atoms with van der Waals surface area (Å²) in [5.74, 6) is -1.26. The fourth-order valence-electron chi connectivity index (χ4n) is 2.71. The topological polar surface area (TPSA) is 192 Å². The maximum atomic E-state index is 11.7. The zero-order valence-corrected chi connectivity index (χ0v) is 21.0. The molecule has 0 saturated heterocycles. The van der Waals surface area contributed by atoms with Crippen LogP contribution >= 0.6 is 12.0 Å². The van der Waals surface area contributed by atoms with Gasteiger partial charge in [-0.15, -0.1) is 10.2 Å². The van der Waals surface area contributed by atoms with E-state index in [4.69, 9.17) is 9.22 Å². The molecule has 4 N–H and O–H groups in total. The second-order valence-corrected chi connectivity index (χ2v) is 10.3. The molecule has 193 valence electrons. The number of nitrogens with zero attached hydrogens (tertiary/aromatic N) is 2. The molecular formula is C19H18CuN2O10S3. The molecule has 3 aromatic rings. The summed E-state index contributed by atoms with van der Waals surface area (Å²) in [5.41, 5.74) is -0.518. The van der Waals surface area contributed by atoms with Gasteiger partial charge in [-0.25, -0.2) is 4.89 Å². The summed E-state index contributed by atoms with van der Waals surface area (Å²) in [5, 5.41) is 28.2. The Kier molecular flexibility index (Phi) is 9.63. The molecule has 35 heavy (non-hydrogen) atoms. The van der Waals surface area contributed by atoms with Gasteiger partial charge in [0.1, 0.15) is 22.0 Å². The monoisotopic (exact) mass is 593 g/mol. The van der Waals surface area contributed by atoms with Crippen molar-refractivity contribution in [3.8, 4) is 11.5 Å². The average molecular weight is 594 g/mol. The van der Waals surface area contributed by atoms with Gasteiger partial charge in [0.05, 0.1) is 23.5 Å². The summed E-state index contributed by atoms with van der Waals surface area (Å²) in [6.45, 7) is 2.26. The number of benzene rings is 3. The molecule has 0 amide bonds. The first kappa shape index (κ1) is 29.0. The molecule has 0 fully saturated rings. The van der Waals surface area contributed by atoms with Crippen molar-refractivity contribution >= 4 is 54.4 Å². The van der Waals surface area contributed by atoms with Gasteiger partial charge in [0.25, 0.3) is 20.2 Å². The van der Waals surface area contributed by atoms with Crippen LogP contribution in [0.4, 0.5) is 11.4 Å². The summed E-state index contributed by atoms with van der Waals surface area (Å²) in [6, 6.07) is 8.09.